The lowest BCUT2D eigenvalue weighted by Gasteiger charge is -2.16. The molecule has 0 aliphatic carbocycles. The molecule has 2 amide bonds. The predicted octanol–water partition coefficient (Wildman–Crippen LogP) is 10.6. The molecule has 0 saturated carbocycles. The van der Waals surface area contributed by atoms with E-state index in [4.69, 9.17) is 9.47 Å². The van der Waals surface area contributed by atoms with E-state index in [2.05, 4.69) is 10.6 Å². The largest absolute Gasteiger partial charge is 0.451 e. The summed E-state index contributed by atoms with van der Waals surface area (Å²) >= 11 is 0. The Kier molecular flexibility index (Phi) is 9.90. The van der Waals surface area contributed by atoms with Gasteiger partial charge >= 0.3 is 0 Å². The van der Waals surface area contributed by atoms with Gasteiger partial charge in [0.15, 0.2) is 23.3 Å². The van der Waals surface area contributed by atoms with Crippen LogP contribution >= 0.6 is 0 Å². The SMILES string of the molecule is O=C(Nc1cccc(Oc2c(F)c(F)c(-c3c(F)c(F)c(Oc4cccc(NC(=O)c5ccccc5)c4)c(F)c3F)c(F)c2F)c1)c1ccccc1. The van der Waals surface area contributed by atoms with Gasteiger partial charge in [0.05, 0.1) is 11.1 Å². The summed E-state index contributed by atoms with van der Waals surface area (Å²) in [5, 5.41) is 4.98. The first-order valence-electron chi connectivity index (χ1n) is 15.0. The van der Waals surface area contributed by atoms with E-state index >= 15 is 35.1 Å². The van der Waals surface area contributed by atoms with Crippen LogP contribution in [-0.2, 0) is 0 Å². The van der Waals surface area contributed by atoms with E-state index in [1.54, 1.807) is 36.4 Å². The van der Waals surface area contributed by atoms with E-state index in [9.17, 15) is 9.59 Å². The Morgan fingerprint density at radius 3 is 1.06 bits per heavy atom. The van der Waals surface area contributed by atoms with Crippen LogP contribution in [-0.4, -0.2) is 11.8 Å². The number of ether oxygens (including phenoxy) is 2. The monoisotopic (exact) mass is 720 g/mol. The lowest BCUT2D eigenvalue weighted by molar-refractivity contribution is 0.101. The molecule has 6 aromatic carbocycles. The zero-order valence-corrected chi connectivity index (χ0v) is 26.0. The van der Waals surface area contributed by atoms with Gasteiger partial charge in [0.2, 0.25) is 34.8 Å². The summed E-state index contributed by atoms with van der Waals surface area (Å²) in [6.07, 6.45) is 0. The summed E-state index contributed by atoms with van der Waals surface area (Å²) in [5.41, 5.74) is -3.61. The molecule has 0 bridgehead atoms. The Morgan fingerprint density at radius 2 is 0.731 bits per heavy atom. The zero-order chi connectivity index (χ0) is 37.1. The molecule has 6 aromatic rings. The fraction of sp³-hybridized carbons (Fsp3) is 0. The van der Waals surface area contributed by atoms with E-state index in [0.29, 0.717) is 0 Å². The van der Waals surface area contributed by atoms with Crippen LogP contribution in [0.4, 0.5) is 46.5 Å². The third-order valence-electron chi connectivity index (χ3n) is 7.39. The van der Waals surface area contributed by atoms with Crippen LogP contribution in [0, 0.1) is 46.5 Å². The van der Waals surface area contributed by atoms with E-state index < -0.39 is 92.5 Å². The third kappa shape index (κ3) is 6.99. The van der Waals surface area contributed by atoms with E-state index in [-0.39, 0.29) is 22.5 Å². The Balaban J connectivity index is 1.29. The number of amides is 2. The summed E-state index contributed by atoms with van der Waals surface area (Å²) in [4.78, 5) is 24.9. The minimum absolute atomic E-state index is 0.0470. The number of hydrogen-bond donors (Lipinski definition) is 2. The molecule has 0 fully saturated rings. The maximum absolute atomic E-state index is 15.3. The number of benzene rings is 6. The highest BCUT2D eigenvalue weighted by Gasteiger charge is 2.35. The Labute approximate surface area is 288 Å². The smallest absolute Gasteiger partial charge is 0.255 e. The number of nitrogens with one attached hydrogen (secondary N) is 2. The highest BCUT2D eigenvalue weighted by Crippen LogP contribution is 2.43. The molecular formula is C38H20F8N2O4. The minimum atomic E-state index is -2.45. The molecule has 0 saturated heterocycles. The lowest BCUT2D eigenvalue weighted by Crippen LogP contribution is -2.12. The topological polar surface area (TPSA) is 76.7 Å². The second-order valence-electron chi connectivity index (χ2n) is 10.8. The maximum atomic E-state index is 15.3. The van der Waals surface area contributed by atoms with Crippen LogP contribution in [0.2, 0.25) is 0 Å². The Bertz CT molecular complexity index is 2120. The van der Waals surface area contributed by atoms with Crippen molar-refractivity contribution in [2.45, 2.75) is 0 Å². The van der Waals surface area contributed by atoms with Gasteiger partial charge in [-0.25, -0.2) is 17.6 Å². The van der Waals surface area contributed by atoms with E-state index in [0.717, 1.165) is 24.3 Å². The normalized spacial score (nSPS) is 10.8. The molecule has 14 heteroatoms. The van der Waals surface area contributed by atoms with Gasteiger partial charge in [0.1, 0.15) is 11.5 Å². The highest BCUT2D eigenvalue weighted by molar-refractivity contribution is 6.05. The zero-order valence-electron chi connectivity index (χ0n) is 26.0. The predicted molar refractivity (Wildman–Crippen MR) is 173 cm³/mol. The number of rotatable bonds is 9. The molecule has 52 heavy (non-hydrogen) atoms. The number of hydrogen-bond acceptors (Lipinski definition) is 4. The average Bonchev–Trinajstić information content (AvgIpc) is 3.16. The quantitative estimate of drug-likeness (QED) is 0.115. The molecule has 0 radical (unpaired) electrons. The van der Waals surface area contributed by atoms with Crippen LogP contribution in [0.15, 0.2) is 109 Å². The molecule has 2 N–H and O–H groups in total. The van der Waals surface area contributed by atoms with Crippen molar-refractivity contribution < 1.29 is 54.2 Å². The molecule has 0 spiro atoms. The van der Waals surface area contributed by atoms with Crippen molar-refractivity contribution in [2.75, 3.05) is 10.6 Å². The van der Waals surface area contributed by atoms with Gasteiger partial charge in [-0.3, -0.25) is 9.59 Å². The van der Waals surface area contributed by atoms with Gasteiger partial charge in [-0.1, -0.05) is 48.5 Å². The van der Waals surface area contributed by atoms with Crippen molar-refractivity contribution >= 4 is 23.2 Å². The molecular weight excluding hydrogens is 700 g/mol. The van der Waals surface area contributed by atoms with Gasteiger partial charge < -0.3 is 20.1 Å². The molecule has 0 atom stereocenters. The Hall–Kier alpha value is -6.70. The second-order valence-corrected chi connectivity index (χ2v) is 10.8. The van der Waals surface area contributed by atoms with Gasteiger partial charge in [0.25, 0.3) is 11.8 Å². The number of carbonyl (C=O) groups excluding carboxylic acids is 2. The van der Waals surface area contributed by atoms with E-state index in [1.807, 2.05) is 0 Å². The average molecular weight is 721 g/mol. The first-order valence-corrected chi connectivity index (χ1v) is 15.0. The molecule has 0 aliphatic rings. The number of carbonyl (C=O) groups is 2. The fourth-order valence-corrected chi connectivity index (χ4v) is 4.94. The molecule has 0 unspecified atom stereocenters. The van der Waals surface area contributed by atoms with Crippen molar-refractivity contribution in [3.05, 3.63) is 167 Å². The molecule has 0 aromatic heterocycles. The summed E-state index contributed by atoms with van der Waals surface area (Å²) in [7, 11) is 0. The van der Waals surface area contributed by atoms with Crippen LogP contribution in [0.25, 0.3) is 11.1 Å². The minimum Gasteiger partial charge on any atom is -0.451 e. The summed E-state index contributed by atoms with van der Waals surface area (Å²) in [5.74, 6) is -24.4. The maximum Gasteiger partial charge on any atom is 0.255 e. The van der Waals surface area contributed by atoms with Crippen molar-refractivity contribution in [2.24, 2.45) is 0 Å². The highest BCUT2D eigenvalue weighted by atomic mass is 19.2. The molecule has 0 aliphatic heterocycles. The standard InChI is InChI=1S/C38H20F8N2O4/c39-27-25(28(40)32(44)35(31(27)43)51-23-15-7-13-21(17-23)47-37(49)19-9-3-1-4-10-19)26-29(41)33(45)36(34(46)30(26)42)52-24-16-8-14-22(18-24)48-38(50)20-11-5-2-6-12-20/h1-18H,(H,47,49)(H,48,50). The molecule has 0 heterocycles. The molecule has 6 nitrogen and oxygen atoms in total. The van der Waals surface area contributed by atoms with Crippen LogP contribution in [0.1, 0.15) is 20.7 Å². The second kappa shape index (κ2) is 14.6. The van der Waals surface area contributed by atoms with Crippen molar-refractivity contribution in [1.29, 1.82) is 0 Å². The number of anilines is 2. The van der Waals surface area contributed by atoms with Gasteiger partial charge in [-0.15, -0.1) is 0 Å². The lowest BCUT2D eigenvalue weighted by atomic mass is 10.0. The molecule has 6 rings (SSSR count). The van der Waals surface area contributed by atoms with Gasteiger partial charge in [-0.05, 0) is 48.5 Å². The van der Waals surface area contributed by atoms with Crippen molar-refractivity contribution in [3.63, 3.8) is 0 Å². The van der Waals surface area contributed by atoms with Crippen LogP contribution < -0.4 is 20.1 Å². The first kappa shape index (κ1) is 35.1. The van der Waals surface area contributed by atoms with E-state index in [1.165, 1.54) is 48.5 Å². The molecule has 262 valence electrons. The van der Waals surface area contributed by atoms with Crippen molar-refractivity contribution in [3.8, 4) is 34.1 Å². The number of halogens is 8. The Morgan fingerprint density at radius 1 is 0.404 bits per heavy atom. The summed E-state index contributed by atoms with van der Waals surface area (Å²) in [6, 6.07) is 25.4. The summed E-state index contributed by atoms with van der Waals surface area (Å²) in [6.45, 7) is 0. The fourth-order valence-electron chi connectivity index (χ4n) is 4.94. The third-order valence-corrected chi connectivity index (χ3v) is 7.39. The first-order chi connectivity index (χ1) is 24.9. The van der Waals surface area contributed by atoms with Crippen molar-refractivity contribution in [1.82, 2.24) is 0 Å². The van der Waals surface area contributed by atoms with Gasteiger partial charge in [0, 0.05) is 34.6 Å². The van der Waals surface area contributed by atoms with Crippen LogP contribution in [0.3, 0.4) is 0 Å². The summed E-state index contributed by atoms with van der Waals surface area (Å²) < 4.78 is 132. The van der Waals surface area contributed by atoms with Crippen LogP contribution in [0.5, 0.6) is 23.0 Å². The van der Waals surface area contributed by atoms with Gasteiger partial charge in [-0.2, -0.15) is 17.6 Å².